The largest absolute Gasteiger partial charge is 0.391 e. The second-order valence-corrected chi connectivity index (χ2v) is 5.87. The van der Waals surface area contributed by atoms with Crippen LogP contribution in [0.15, 0.2) is 0 Å². The van der Waals surface area contributed by atoms with Crippen LogP contribution in [0.1, 0.15) is 53.4 Å². The lowest BCUT2D eigenvalue weighted by Crippen LogP contribution is -2.38. The zero-order chi connectivity index (χ0) is 11.0. The van der Waals surface area contributed by atoms with Gasteiger partial charge in [0.25, 0.3) is 0 Å². The van der Waals surface area contributed by atoms with Crippen molar-refractivity contribution in [1.29, 1.82) is 0 Å². The molecule has 84 valence electrons. The molecular formula is C12H25NO. The van der Waals surface area contributed by atoms with Gasteiger partial charge in [-0.3, -0.25) is 0 Å². The van der Waals surface area contributed by atoms with Crippen molar-refractivity contribution < 1.29 is 5.11 Å². The van der Waals surface area contributed by atoms with E-state index in [9.17, 15) is 5.11 Å². The second kappa shape index (κ2) is 3.82. The molecule has 0 aromatic heterocycles. The first-order valence-corrected chi connectivity index (χ1v) is 5.76. The van der Waals surface area contributed by atoms with Crippen LogP contribution in [0.4, 0.5) is 0 Å². The van der Waals surface area contributed by atoms with Crippen LogP contribution < -0.4 is 5.73 Å². The highest BCUT2D eigenvalue weighted by Crippen LogP contribution is 2.61. The Hall–Kier alpha value is -0.0800. The minimum Gasteiger partial charge on any atom is -0.391 e. The molecule has 0 aromatic rings. The van der Waals surface area contributed by atoms with E-state index in [0.29, 0.717) is 10.8 Å². The summed E-state index contributed by atoms with van der Waals surface area (Å²) in [4.78, 5) is 0. The smallest absolute Gasteiger partial charge is 0.0696 e. The lowest BCUT2D eigenvalue weighted by molar-refractivity contribution is 0.0692. The Morgan fingerprint density at radius 1 is 1.36 bits per heavy atom. The Bertz CT molecular complexity index is 191. The van der Waals surface area contributed by atoms with Crippen molar-refractivity contribution in [3.63, 3.8) is 0 Å². The molecule has 0 bridgehead atoms. The summed E-state index contributed by atoms with van der Waals surface area (Å²) in [5.74, 6) is 0. The lowest BCUT2D eigenvalue weighted by Gasteiger charge is -2.34. The van der Waals surface area contributed by atoms with Crippen molar-refractivity contribution in [3.8, 4) is 0 Å². The maximum Gasteiger partial charge on any atom is 0.0696 e. The maximum atomic E-state index is 9.93. The molecule has 1 rings (SSSR count). The number of hydrogen-bond donors (Lipinski definition) is 2. The second-order valence-electron chi connectivity index (χ2n) is 5.87. The number of aliphatic hydroxyl groups is 1. The van der Waals surface area contributed by atoms with Gasteiger partial charge in [-0.2, -0.15) is 0 Å². The number of hydrogen-bond acceptors (Lipinski definition) is 2. The van der Waals surface area contributed by atoms with Gasteiger partial charge in [0, 0.05) is 6.04 Å². The van der Waals surface area contributed by atoms with Crippen molar-refractivity contribution >= 4 is 0 Å². The van der Waals surface area contributed by atoms with Crippen molar-refractivity contribution in [2.45, 2.75) is 65.5 Å². The first-order chi connectivity index (χ1) is 6.32. The van der Waals surface area contributed by atoms with E-state index >= 15 is 0 Å². The van der Waals surface area contributed by atoms with E-state index < -0.39 is 0 Å². The van der Waals surface area contributed by atoms with Crippen LogP contribution in [-0.4, -0.2) is 17.3 Å². The monoisotopic (exact) mass is 199 g/mol. The molecule has 0 aliphatic heterocycles. The molecule has 1 aliphatic rings. The van der Waals surface area contributed by atoms with Gasteiger partial charge < -0.3 is 10.8 Å². The summed E-state index contributed by atoms with van der Waals surface area (Å²) < 4.78 is 0. The van der Waals surface area contributed by atoms with Gasteiger partial charge in [0.2, 0.25) is 0 Å². The Kier molecular flexibility index (Phi) is 3.27. The molecule has 0 radical (unpaired) electrons. The highest BCUT2D eigenvalue weighted by Gasteiger charge is 2.52. The molecule has 1 fully saturated rings. The average Bonchev–Trinajstić information content (AvgIpc) is 2.82. The molecule has 0 spiro atoms. The number of rotatable bonds is 4. The van der Waals surface area contributed by atoms with Gasteiger partial charge in [-0.1, -0.05) is 27.7 Å². The minimum absolute atomic E-state index is 0.0465. The van der Waals surface area contributed by atoms with Gasteiger partial charge in [-0.15, -0.1) is 0 Å². The molecule has 1 aliphatic carbocycles. The first kappa shape index (κ1) is 12.0. The Balaban J connectivity index is 2.52. The van der Waals surface area contributed by atoms with Crippen molar-refractivity contribution in [1.82, 2.24) is 0 Å². The minimum atomic E-state index is -0.318. The maximum absolute atomic E-state index is 9.93. The summed E-state index contributed by atoms with van der Waals surface area (Å²) in [7, 11) is 0. The molecule has 2 heteroatoms. The first-order valence-electron chi connectivity index (χ1n) is 5.76. The summed E-state index contributed by atoms with van der Waals surface area (Å²) in [5, 5.41) is 9.93. The normalized spacial score (nSPS) is 24.4. The molecule has 1 saturated carbocycles. The molecule has 0 aromatic carbocycles. The molecular weight excluding hydrogens is 174 g/mol. The molecule has 0 heterocycles. The third-order valence-corrected chi connectivity index (χ3v) is 4.01. The SMILES string of the molecule is CCC(N)C(O)CC1(C(C)(C)C)CC1. The highest BCUT2D eigenvalue weighted by atomic mass is 16.3. The fourth-order valence-electron chi connectivity index (χ4n) is 2.23. The Morgan fingerprint density at radius 3 is 2.14 bits per heavy atom. The van der Waals surface area contributed by atoms with E-state index in [1.165, 1.54) is 12.8 Å². The van der Waals surface area contributed by atoms with Gasteiger partial charge in [-0.25, -0.2) is 0 Å². The van der Waals surface area contributed by atoms with Crippen LogP contribution in [0.5, 0.6) is 0 Å². The Labute approximate surface area is 87.9 Å². The van der Waals surface area contributed by atoms with E-state index in [2.05, 4.69) is 20.8 Å². The quantitative estimate of drug-likeness (QED) is 0.730. The number of nitrogens with two attached hydrogens (primary N) is 1. The summed E-state index contributed by atoms with van der Waals surface area (Å²) in [5.41, 5.74) is 6.51. The molecule has 0 amide bonds. The standard InChI is InChI=1S/C12H25NO/c1-5-9(13)10(14)8-12(6-7-12)11(2,3)4/h9-10,14H,5-8,13H2,1-4H3. The van der Waals surface area contributed by atoms with Crippen LogP contribution in [0, 0.1) is 10.8 Å². The Morgan fingerprint density at radius 2 is 1.86 bits per heavy atom. The third-order valence-electron chi connectivity index (χ3n) is 4.01. The molecule has 2 nitrogen and oxygen atoms in total. The van der Waals surface area contributed by atoms with E-state index in [1.807, 2.05) is 6.92 Å². The molecule has 3 N–H and O–H groups in total. The zero-order valence-electron chi connectivity index (χ0n) is 10.0. The van der Waals surface area contributed by atoms with E-state index in [1.54, 1.807) is 0 Å². The predicted octanol–water partition coefficient (Wildman–Crippen LogP) is 2.30. The van der Waals surface area contributed by atoms with Gasteiger partial charge in [0.05, 0.1) is 6.10 Å². The summed E-state index contributed by atoms with van der Waals surface area (Å²) >= 11 is 0. The van der Waals surface area contributed by atoms with Gasteiger partial charge >= 0.3 is 0 Å². The van der Waals surface area contributed by atoms with Crippen LogP contribution in [0.2, 0.25) is 0 Å². The average molecular weight is 199 g/mol. The van der Waals surface area contributed by atoms with Crippen LogP contribution >= 0.6 is 0 Å². The van der Waals surface area contributed by atoms with E-state index in [0.717, 1.165) is 12.8 Å². The molecule has 0 saturated heterocycles. The lowest BCUT2D eigenvalue weighted by atomic mass is 9.73. The summed E-state index contributed by atoms with van der Waals surface area (Å²) in [6.07, 6.45) is 3.93. The van der Waals surface area contributed by atoms with Gasteiger partial charge in [0.1, 0.15) is 0 Å². The fraction of sp³-hybridized carbons (Fsp3) is 1.00. The van der Waals surface area contributed by atoms with Crippen LogP contribution in [0.3, 0.4) is 0 Å². The summed E-state index contributed by atoms with van der Waals surface area (Å²) in [6, 6.07) is -0.0465. The van der Waals surface area contributed by atoms with Crippen LogP contribution in [-0.2, 0) is 0 Å². The van der Waals surface area contributed by atoms with Crippen molar-refractivity contribution in [3.05, 3.63) is 0 Å². The molecule has 14 heavy (non-hydrogen) atoms. The van der Waals surface area contributed by atoms with Gasteiger partial charge in [-0.05, 0) is 36.5 Å². The molecule has 2 atom stereocenters. The predicted molar refractivity (Wildman–Crippen MR) is 60.0 cm³/mol. The number of aliphatic hydroxyl groups excluding tert-OH is 1. The van der Waals surface area contributed by atoms with Crippen LogP contribution in [0.25, 0.3) is 0 Å². The van der Waals surface area contributed by atoms with E-state index in [4.69, 9.17) is 5.73 Å². The topological polar surface area (TPSA) is 46.2 Å². The van der Waals surface area contributed by atoms with Crippen molar-refractivity contribution in [2.24, 2.45) is 16.6 Å². The zero-order valence-corrected chi connectivity index (χ0v) is 10.0. The van der Waals surface area contributed by atoms with Crippen molar-refractivity contribution in [2.75, 3.05) is 0 Å². The fourth-order valence-corrected chi connectivity index (χ4v) is 2.23. The summed E-state index contributed by atoms with van der Waals surface area (Å²) in [6.45, 7) is 8.84. The highest BCUT2D eigenvalue weighted by molar-refractivity contribution is 5.03. The van der Waals surface area contributed by atoms with Gasteiger partial charge in [0.15, 0.2) is 0 Å². The molecule has 2 unspecified atom stereocenters. The van der Waals surface area contributed by atoms with E-state index in [-0.39, 0.29) is 12.1 Å². The third kappa shape index (κ3) is 2.29.